The highest BCUT2D eigenvalue weighted by atomic mass is 32.1. The second kappa shape index (κ2) is 6.15. The molecule has 0 radical (unpaired) electrons. The van der Waals surface area contributed by atoms with Gasteiger partial charge in [0.1, 0.15) is 5.01 Å². The second-order valence-corrected chi connectivity index (χ2v) is 7.58. The lowest BCUT2D eigenvalue weighted by molar-refractivity contribution is 0.135. The molecular formula is C17H28N2S. The summed E-state index contributed by atoms with van der Waals surface area (Å²) < 4.78 is 0. The van der Waals surface area contributed by atoms with E-state index in [1.165, 1.54) is 68.5 Å². The number of rotatable bonds is 5. The summed E-state index contributed by atoms with van der Waals surface area (Å²) in [6.45, 7) is 5.76. The van der Waals surface area contributed by atoms with Crippen molar-refractivity contribution in [2.24, 2.45) is 5.92 Å². The Kier molecular flexibility index (Phi) is 4.46. The van der Waals surface area contributed by atoms with Crippen LogP contribution in [0.4, 0.5) is 0 Å². The number of nitrogens with zero attached hydrogens (tertiary/aromatic N) is 1. The number of thiazole rings is 1. The molecule has 1 heterocycles. The fourth-order valence-corrected chi connectivity index (χ4v) is 5.54. The molecule has 20 heavy (non-hydrogen) atoms. The summed E-state index contributed by atoms with van der Waals surface area (Å²) in [5, 5.41) is 5.36. The first-order valence-electron chi connectivity index (χ1n) is 8.54. The van der Waals surface area contributed by atoms with E-state index in [0.717, 1.165) is 12.5 Å². The Balaban J connectivity index is 1.94. The molecular weight excluding hydrogens is 264 g/mol. The number of aromatic nitrogens is 1. The highest BCUT2D eigenvalue weighted by Crippen LogP contribution is 2.46. The third-order valence-corrected chi connectivity index (χ3v) is 6.57. The molecule has 1 saturated carbocycles. The predicted molar refractivity (Wildman–Crippen MR) is 86.4 cm³/mol. The van der Waals surface area contributed by atoms with Crippen molar-refractivity contribution in [2.75, 3.05) is 6.54 Å². The van der Waals surface area contributed by atoms with Crippen LogP contribution in [0.25, 0.3) is 0 Å². The maximum Gasteiger partial charge on any atom is 0.114 e. The van der Waals surface area contributed by atoms with Crippen LogP contribution in [0.5, 0.6) is 0 Å². The Morgan fingerprint density at radius 2 is 2.15 bits per heavy atom. The zero-order valence-corrected chi connectivity index (χ0v) is 13.8. The quantitative estimate of drug-likeness (QED) is 0.868. The molecule has 1 aromatic rings. The Morgan fingerprint density at radius 1 is 1.25 bits per heavy atom. The number of hydrogen-bond donors (Lipinski definition) is 1. The summed E-state index contributed by atoms with van der Waals surface area (Å²) in [6, 6.07) is 0. The van der Waals surface area contributed by atoms with E-state index < -0.39 is 0 Å². The van der Waals surface area contributed by atoms with Gasteiger partial charge in [0.25, 0.3) is 0 Å². The average Bonchev–Trinajstić information content (AvgIpc) is 3.06. The minimum Gasteiger partial charge on any atom is -0.305 e. The highest BCUT2D eigenvalue weighted by molar-refractivity contribution is 7.12. The van der Waals surface area contributed by atoms with Gasteiger partial charge in [0, 0.05) is 4.88 Å². The van der Waals surface area contributed by atoms with Crippen LogP contribution in [-0.2, 0) is 18.4 Å². The summed E-state index contributed by atoms with van der Waals surface area (Å²) >= 11 is 2.02. The van der Waals surface area contributed by atoms with Gasteiger partial charge in [-0.25, -0.2) is 4.98 Å². The van der Waals surface area contributed by atoms with E-state index >= 15 is 0 Å². The number of fused-ring (bicyclic) bond motifs is 1. The van der Waals surface area contributed by atoms with Crippen LogP contribution in [-0.4, -0.2) is 11.5 Å². The molecule has 2 aliphatic carbocycles. The van der Waals surface area contributed by atoms with E-state index in [0.29, 0.717) is 0 Å². The average molecular weight is 292 g/mol. The largest absolute Gasteiger partial charge is 0.305 e. The van der Waals surface area contributed by atoms with Crippen molar-refractivity contribution >= 4 is 11.3 Å². The highest BCUT2D eigenvalue weighted by Gasteiger charge is 2.43. The zero-order chi connectivity index (χ0) is 14.0. The van der Waals surface area contributed by atoms with Crippen LogP contribution in [0.2, 0.25) is 0 Å². The third-order valence-electron chi connectivity index (χ3n) is 5.23. The standard InChI is InChI=1S/C17H28N2S/c1-3-12-18-17(11-6-5-8-13(17)4-2)16-19-14-9-7-10-15(14)20-16/h13,18H,3-12H2,1-2H3. The lowest BCUT2D eigenvalue weighted by atomic mass is 9.71. The first-order valence-corrected chi connectivity index (χ1v) is 9.36. The van der Waals surface area contributed by atoms with Gasteiger partial charge in [-0.05, 0) is 51.0 Å². The number of hydrogen-bond acceptors (Lipinski definition) is 3. The van der Waals surface area contributed by atoms with E-state index in [-0.39, 0.29) is 5.54 Å². The van der Waals surface area contributed by atoms with Crippen molar-refractivity contribution < 1.29 is 0 Å². The van der Waals surface area contributed by atoms with Gasteiger partial charge in [-0.1, -0.05) is 33.1 Å². The van der Waals surface area contributed by atoms with Crippen LogP contribution in [0.15, 0.2) is 0 Å². The molecule has 3 rings (SSSR count). The summed E-state index contributed by atoms with van der Waals surface area (Å²) in [6.07, 6.45) is 11.7. The van der Waals surface area contributed by atoms with E-state index in [2.05, 4.69) is 19.2 Å². The predicted octanol–water partition coefficient (Wildman–Crippen LogP) is 4.43. The minimum absolute atomic E-state index is 0.192. The lowest BCUT2D eigenvalue weighted by Crippen LogP contribution is -2.50. The Labute approximate surface area is 127 Å². The lowest BCUT2D eigenvalue weighted by Gasteiger charge is -2.43. The van der Waals surface area contributed by atoms with Crippen LogP contribution in [0, 0.1) is 5.92 Å². The fourth-order valence-electron chi connectivity index (χ4n) is 4.12. The topological polar surface area (TPSA) is 24.9 Å². The van der Waals surface area contributed by atoms with Crippen molar-refractivity contribution in [3.63, 3.8) is 0 Å². The van der Waals surface area contributed by atoms with Crippen LogP contribution in [0.3, 0.4) is 0 Å². The molecule has 1 fully saturated rings. The Bertz CT molecular complexity index is 432. The molecule has 1 N–H and O–H groups in total. The molecule has 0 aromatic carbocycles. The Hall–Kier alpha value is -0.410. The molecule has 0 spiro atoms. The van der Waals surface area contributed by atoms with Gasteiger partial charge in [-0.2, -0.15) is 0 Å². The molecule has 2 aliphatic rings. The van der Waals surface area contributed by atoms with E-state index in [1.54, 1.807) is 4.88 Å². The molecule has 0 amide bonds. The molecule has 1 aromatic heterocycles. The number of nitrogens with one attached hydrogen (secondary N) is 1. The zero-order valence-electron chi connectivity index (χ0n) is 13.0. The summed E-state index contributed by atoms with van der Waals surface area (Å²) in [5.41, 5.74) is 1.61. The summed E-state index contributed by atoms with van der Waals surface area (Å²) in [7, 11) is 0. The van der Waals surface area contributed by atoms with Crippen LogP contribution >= 0.6 is 11.3 Å². The van der Waals surface area contributed by atoms with Gasteiger partial charge < -0.3 is 5.32 Å². The normalized spacial score (nSPS) is 29.6. The first-order chi connectivity index (χ1) is 9.80. The van der Waals surface area contributed by atoms with Crippen molar-refractivity contribution in [1.29, 1.82) is 0 Å². The first kappa shape index (κ1) is 14.5. The van der Waals surface area contributed by atoms with E-state index in [1.807, 2.05) is 11.3 Å². The molecule has 0 bridgehead atoms. The van der Waals surface area contributed by atoms with Crippen LogP contribution < -0.4 is 5.32 Å². The fraction of sp³-hybridized carbons (Fsp3) is 0.824. The molecule has 2 atom stereocenters. The second-order valence-electron chi connectivity index (χ2n) is 6.49. The molecule has 2 nitrogen and oxygen atoms in total. The maximum atomic E-state index is 5.09. The van der Waals surface area contributed by atoms with Crippen LogP contribution in [0.1, 0.15) is 74.4 Å². The number of aryl methyl sites for hydroxylation is 2. The molecule has 2 unspecified atom stereocenters. The third kappa shape index (κ3) is 2.43. The molecule has 3 heteroatoms. The molecule has 0 saturated heterocycles. The van der Waals surface area contributed by atoms with E-state index in [4.69, 9.17) is 4.98 Å². The van der Waals surface area contributed by atoms with Gasteiger partial charge >= 0.3 is 0 Å². The van der Waals surface area contributed by atoms with Gasteiger partial charge in [-0.15, -0.1) is 11.3 Å². The van der Waals surface area contributed by atoms with Gasteiger partial charge in [0.05, 0.1) is 11.2 Å². The maximum absolute atomic E-state index is 5.09. The van der Waals surface area contributed by atoms with Gasteiger partial charge in [-0.3, -0.25) is 0 Å². The Morgan fingerprint density at radius 3 is 2.90 bits per heavy atom. The molecule has 112 valence electrons. The van der Waals surface area contributed by atoms with Crippen molar-refractivity contribution in [2.45, 2.75) is 77.2 Å². The monoisotopic (exact) mass is 292 g/mol. The van der Waals surface area contributed by atoms with Gasteiger partial charge in [0.2, 0.25) is 0 Å². The van der Waals surface area contributed by atoms with Gasteiger partial charge in [0.15, 0.2) is 0 Å². The summed E-state index contributed by atoms with van der Waals surface area (Å²) in [5.74, 6) is 0.772. The smallest absolute Gasteiger partial charge is 0.114 e. The van der Waals surface area contributed by atoms with Crippen molar-refractivity contribution in [1.82, 2.24) is 10.3 Å². The van der Waals surface area contributed by atoms with Crippen molar-refractivity contribution in [3.8, 4) is 0 Å². The minimum atomic E-state index is 0.192. The van der Waals surface area contributed by atoms with Crippen molar-refractivity contribution in [3.05, 3.63) is 15.6 Å². The molecule has 0 aliphatic heterocycles. The SMILES string of the molecule is CCCNC1(c2nc3c(s2)CCC3)CCCCC1CC. The van der Waals surface area contributed by atoms with E-state index in [9.17, 15) is 0 Å². The summed E-state index contributed by atoms with van der Waals surface area (Å²) in [4.78, 5) is 6.68.